The van der Waals surface area contributed by atoms with Gasteiger partial charge in [-0.1, -0.05) is 13.8 Å². The van der Waals surface area contributed by atoms with Crippen LogP contribution in [0.1, 0.15) is 20.3 Å². The van der Waals surface area contributed by atoms with Crippen LogP contribution in [0.2, 0.25) is 0 Å². The van der Waals surface area contributed by atoms with Gasteiger partial charge in [0.25, 0.3) is 0 Å². The average Bonchev–Trinajstić information content (AvgIpc) is 2.63. The van der Waals surface area contributed by atoms with Crippen LogP contribution in [0.25, 0.3) is 0 Å². The summed E-state index contributed by atoms with van der Waals surface area (Å²) < 4.78 is 0. The average molecular weight is 270 g/mol. The van der Waals surface area contributed by atoms with Crippen molar-refractivity contribution in [1.29, 1.82) is 0 Å². The predicted octanol–water partition coefficient (Wildman–Crippen LogP) is -0.630. The molecular formula is C12H22N4O3. The maximum Gasteiger partial charge on any atom is 0.325 e. The maximum absolute atomic E-state index is 11.9. The van der Waals surface area contributed by atoms with Crippen LogP contribution in [0, 0.1) is 5.92 Å². The molecule has 1 fully saturated rings. The molecule has 0 radical (unpaired) electrons. The third-order valence-electron chi connectivity index (χ3n) is 3.27. The van der Waals surface area contributed by atoms with Gasteiger partial charge < -0.3 is 15.5 Å². The van der Waals surface area contributed by atoms with Crippen molar-refractivity contribution < 1.29 is 14.4 Å². The van der Waals surface area contributed by atoms with Gasteiger partial charge in [0.2, 0.25) is 11.8 Å². The highest BCUT2D eigenvalue weighted by Crippen LogP contribution is 2.05. The van der Waals surface area contributed by atoms with Gasteiger partial charge in [-0.3, -0.25) is 14.9 Å². The minimum Gasteiger partial charge on any atom is -0.344 e. The molecule has 1 atom stereocenters. The van der Waals surface area contributed by atoms with Crippen LogP contribution >= 0.6 is 0 Å². The van der Waals surface area contributed by atoms with E-state index in [-0.39, 0.29) is 30.9 Å². The predicted molar refractivity (Wildman–Crippen MR) is 70.2 cm³/mol. The summed E-state index contributed by atoms with van der Waals surface area (Å²) in [5.41, 5.74) is 5.91. The van der Waals surface area contributed by atoms with Crippen molar-refractivity contribution in [3.05, 3.63) is 0 Å². The molecule has 0 saturated carbocycles. The van der Waals surface area contributed by atoms with E-state index in [1.807, 2.05) is 13.8 Å². The molecule has 0 aliphatic carbocycles. The molecule has 0 aromatic rings. The number of likely N-dealkylation sites (N-methyl/N-ethyl adjacent to an activating group) is 1. The number of rotatable bonds is 6. The van der Waals surface area contributed by atoms with E-state index in [0.717, 1.165) is 0 Å². The molecule has 0 aromatic heterocycles. The second kappa shape index (κ2) is 6.51. The molecule has 1 saturated heterocycles. The molecule has 19 heavy (non-hydrogen) atoms. The van der Waals surface area contributed by atoms with Crippen molar-refractivity contribution in [2.45, 2.75) is 26.3 Å². The van der Waals surface area contributed by atoms with Gasteiger partial charge in [0, 0.05) is 19.6 Å². The summed E-state index contributed by atoms with van der Waals surface area (Å²) in [6.45, 7) is 4.48. The molecule has 1 unspecified atom stereocenters. The van der Waals surface area contributed by atoms with E-state index in [2.05, 4.69) is 5.32 Å². The topological polar surface area (TPSA) is 95.7 Å². The molecule has 7 heteroatoms. The van der Waals surface area contributed by atoms with E-state index in [0.29, 0.717) is 18.9 Å². The molecule has 1 aliphatic heterocycles. The molecule has 108 valence electrons. The summed E-state index contributed by atoms with van der Waals surface area (Å²) in [5, 5.41) is 2.13. The first-order valence-corrected chi connectivity index (χ1v) is 6.39. The maximum atomic E-state index is 11.9. The van der Waals surface area contributed by atoms with Crippen molar-refractivity contribution in [2.75, 3.05) is 26.7 Å². The quantitative estimate of drug-likeness (QED) is 0.628. The van der Waals surface area contributed by atoms with E-state index < -0.39 is 6.03 Å². The minimum atomic E-state index is -0.509. The Morgan fingerprint density at radius 2 is 2.11 bits per heavy atom. The number of nitrogens with one attached hydrogen (secondary N) is 1. The zero-order chi connectivity index (χ0) is 14.6. The van der Waals surface area contributed by atoms with Crippen LogP contribution in [-0.2, 0) is 9.59 Å². The van der Waals surface area contributed by atoms with Crippen molar-refractivity contribution in [3.63, 3.8) is 0 Å². The van der Waals surface area contributed by atoms with E-state index in [4.69, 9.17) is 5.73 Å². The Hall–Kier alpha value is -1.63. The molecule has 0 bridgehead atoms. The monoisotopic (exact) mass is 270 g/mol. The molecule has 3 N–H and O–H groups in total. The largest absolute Gasteiger partial charge is 0.344 e. The van der Waals surface area contributed by atoms with Crippen molar-refractivity contribution >= 4 is 17.8 Å². The fourth-order valence-electron chi connectivity index (χ4n) is 1.70. The van der Waals surface area contributed by atoms with E-state index in [1.54, 1.807) is 7.05 Å². The zero-order valence-corrected chi connectivity index (χ0v) is 11.7. The van der Waals surface area contributed by atoms with Gasteiger partial charge in [-0.15, -0.1) is 0 Å². The van der Waals surface area contributed by atoms with Gasteiger partial charge in [-0.2, -0.15) is 0 Å². The Bertz CT molecular complexity index is 370. The molecule has 1 heterocycles. The number of carbonyl (C=O) groups excluding carboxylic acids is 3. The molecule has 0 aromatic carbocycles. The zero-order valence-electron chi connectivity index (χ0n) is 11.7. The standard InChI is InChI=1S/C12H22N4O3/c1-8(2)9(13)4-5-15(3)11(18)7-16-6-10(17)14-12(16)19/h8-9H,4-7,13H2,1-3H3,(H,14,17,19). The summed E-state index contributed by atoms with van der Waals surface area (Å²) in [7, 11) is 1.67. The Morgan fingerprint density at radius 3 is 2.58 bits per heavy atom. The number of hydrogen-bond acceptors (Lipinski definition) is 4. The van der Waals surface area contributed by atoms with Crippen LogP contribution < -0.4 is 11.1 Å². The van der Waals surface area contributed by atoms with Crippen molar-refractivity contribution in [2.24, 2.45) is 11.7 Å². The number of carbonyl (C=O) groups is 3. The van der Waals surface area contributed by atoms with Crippen LogP contribution in [0.3, 0.4) is 0 Å². The van der Waals surface area contributed by atoms with Gasteiger partial charge in [0.1, 0.15) is 13.1 Å². The summed E-state index contributed by atoms with van der Waals surface area (Å²) >= 11 is 0. The molecular weight excluding hydrogens is 248 g/mol. The SMILES string of the molecule is CC(C)C(N)CCN(C)C(=O)CN1CC(=O)NC1=O. The lowest BCUT2D eigenvalue weighted by molar-refractivity contribution is -0.130. The van der Waals surface area contributed by atoms with Crippen LogP contribution in [-0.4, -0.2) is 60.4 Å². The normalized spacial score (nSPS) is 16.8. The fourth-order valence-corrected chi connectivity index (χ4v) is 1.70. The van der Waals surface area contributed by atoms with Crippen LogP contribution in [0.4, 0.5) is 4.79 Å². The van der Waals surface area contributed by atoms with Crippen LogP contribution in [0.15, 0.2) is 0 Å². The van der Waals surface area contributed by atoms with Gasteiger partial charge in [0.15, 0.2) is 0 Å². The summed E-state index contributed by atoms with van der Waals surface area (Å²) in [6.07, 6.45) is 0.713. The number of amides is 4. The van der Waals surface area contributed by atoms with Crippen LogP contribution in [0.5, 0.6) is 0 Å². The van der Waals surface area contributed by atoms with Gasteiger partial charge in [0.05, 0.1) is 0 Å². The minimum absolute atomic E-state index is 0.0481. The third-order valence-corrected chi connectivity index (χ3v) is 3.27. The lowest BCUT2D eigenvalue weighted by Gasteiger charge is -2.23. The van der Waals surface area contributed by atoms with Gasteiger partial charge in [-0.05, 0) is 12.3 Å². The Balaban J connectivity index is 2.37. The summed E-state index contributed by atoms with van der Waals surface area (Å²) in [5.74, 6) is -0.200. The Morgan fingerprint density at radius 1 is 1.47 bits per heavy atom. The number of urea groups is 1. The number of imide groups is 1. The van der Waals surface area contributed by atoms with Gasteiger partial charge >= 0.3 is 6.03 Å². The summed E-state index contributed by atoms with van der Waals surface area (Å²) in [4.78, 5) is 36.9. The Kier molecular flexibility index (Phi) is 5.29. The van der Waals surface area contributed by atoms with Crippen molar-refractivity contribution in [3.8, 4) is 0 Å². The lowest BCUT2D eigenvalue weighted by Crippen LogP contribution is -2.41. The summed E-state index contributed by atoms with van der Waals surface area (Å²) in [6, 6.07) is -0.461. The second-order valence-electron chi connectivity index (χ2n) is 5.22. The molecule has 4 amide bonds. The number of hydrogen-bond donors (Lipinski definition) is 2. The fraction of sp³-hybridized carbons (Fsp3) is 0.750. The molecule has 1 rings (SSSR count). The first-order valence-electron chi connectivity index (χ1n) is 6.39. The van der Waals surface area contributed by atoms with E-state index in [1.165, 1.54) is 9.80 Å². The highest BCUT2D eigenvalue weighted by atomic mass is 16.2. The van der Waals surface area contributed by atoms with E-state index >= 15 is 0 Å². The lowest BCUT2D eigenvalue weighted by atomic mass is 10.0. The first-order chi connectivity index (χ1) is 8.81. The number of nitrogens with two attached hydrogens (primary N) is 1. The van der Waals surface area contributed by atoms with Gasteiger partial charge in [-0.25, -0.2) is 4.79 Å². The molecule has 1 aliphatic rings. The second-order valence-corrected chi connectivity index (χ2v) is 5.22. The smallest absolute Gasteiger partial charge is 0.325 e. The first kappa shape index (κ1) is 15.4. The molecule has 7 nitrogen and oxygen atoms in total. The number of nitrogens with zero attached hydrogens (tertiary/aromatic N) is 2. The Labute approximate surface area is 113 Å². The highest BCUT2D eigenvalue weighted by molar-refractivity contribution is 6.03. The molecule has 0 spiro atoms. The van der Waals surface area contributed by atoms with Crippen molar-refractivity contribution in [1.82, 2.24) is 15.1 Å². The van der Waals surface area contributed by atoms with E-state index in [9.17, 15) is 14.4 Å². The third kappa shape index (κ3) is 4.51. The highest BCUT2D eigenvalue weighted by Gasteiger charge is 2.29.